The summed E-state index contributed by atoms with van der Waals surface area (Å²) >= 11 is 1.27. The van der Waals surface area contributed by atoms with E-state index in [0.29, 0.717) is 16.7 Å². The topological polar surface area (TPSA) is 54.5 Å². The SMILES string of the molecule is O=C(c1cccs1)N1C(=O)[C@@H]2[C@H]3C=C[C@@H]([C@@H]4C[C@@H]34)[C@H]2C1=O. The summed E-state index contributed by atoms with van der Waals surface area (Å²) in [7, 11) is 0. The highest BCUT2D eigenvalue weighted by Crippen LogP contribution is 2.65. The molecule has 0 radical (unpaired) electrons. The Hall–Kier alpha value is -1.75. The highest BCUT2D eigenvalue weighted by atomic mass is 32.1. The van der Waals surface area contributed by atoms with Crippen LogP contribution in [-0.2, 0) is 9.59 Å². The van der Waals surface area contributed by atoms with Gasteiger partial charge >= 0.3 is 0 Å². The number of amides is 3. The lowest BCUT2D eigenvalue weighted by atomic mass is 9.63. The third-order valence-corrected chi connectivity index (χ3v) is 6.46. The van der Waals surface area contributed by atoms with Gasteiger partial charge in [0.25, 0.3) is 5.91 Å². The van der Waals surface area contributed by atoms with Crippen molar-refractivity contribution in [2.45, 2.75) is 6.42 Å². The van der Waals surface area contributed by atoms with E-state index in [1.165, 1.54) is 11.3 Å². The van der Waals surface area contributed by atoms with Crippen LogP contribution in [0.2, 0.25) is 0 Å². The van der Waals surface area contributed by atoms with Crippen molar-refractivity contribution in [3.63, 3.8) is 0 Å². The molecule has 1 aromatic heterocycles. The Morgan fingerprint density at radius 2 is 1.71 bits per heavy atom. The van der Waals surface area contributed by atoms with Gasteiger partial charge in [0.2, 0.25) is 11.8 Å². The normalized spacial score (nSPS) is 42.2. The molecular weight excluding hydrogens is 286 g/mol. The molecule has 6 rings (SSSR count). The second-order valence-electron chi connectivity index (χ2n) is 6.45. The molecule has 106 valence electrons. The molecule has 6 atom stereocenters. The Kier molecular flexibility index (Phi) is 2.10. The molecule has 4 aliphatic carbocycles. The molecule has 4 nitrogen and oxygen atoms in total. The van der Waals surface area contributed by atoms with Gasteiger partial charge in [0.15, 0.2) is 0 Å². The monoisotopic (exact) mass is 299 g/mol. The standard InChI is InChI=1S/C16H13NO3S/c18-14(11-2-1-5-21-11)17-15(19)12-7-3-4-8(10-6-9(7)10)13(12)16(17)20/h1-5,7-10,12-13H,6H2/t7-,8-,9-,10-,12+,13+/m0/s1. The average molecular weight is 299 g/mol. The molecule has 1 aromatic rings. The Balaban J connectivity index is 1.56. The zero-order chi connectivity index (χ0) is 14.3. The first kappa shape index (κ1) is 11.9. The van der Waals surface area contributed by atoms with Gasteiger partial charge in [0.05, 0.1) is 16.7 Å². The Bertz CT molecular complexity index is 671. The molecule has 5 heteroatoms. The molecule has 2 bridgehead atoms. The van der Waals surface area contributed by atoms with E-state index < -0.39 is 5.91 Å². The first-order valence-corrected chi connectivity index (χ1v) is 8.20. The van der Waals surface area contributed by atoms with Crippen LogP contribution in [0, 0.1) is 35.5 Å². The van der Waals surface area contributed by atoms with Crippen molar-refractivity contribution in [1.29, 1.82) is 0 Å². The Morgan fingerprint density at radius 1 is 1.10 bits per heavy atom. The fourth-order valence-corrected chi connectivity index (χ4v) is 5.32. The summed E-state index contributed by atoms with van der Waals surface area (Å²) in [4.78, 5) is 39.3. The second-order valence-corrected chi connectivity index (χ2v) is 7.40. The van der Waals surface area contributed by atoms with Crippen LogP contribution in [0.3, 0.4) is 0 Å². The van der Waals surface area contributed by atoms with E-state index >= 15 is 0 Å². The first-order valence-electron chi connectivity index (χ1n) is 7.32. The van der Waals surface area contributed by atoms with E-state index in [2.05, 4.69) is 12.2 Å². The number of carbonyl (C=O) groups is 3. The van der Waals surface area contributed by atoms with Gasteiger partial charge in [-0.1, -0.05) is 18.2 Å². The zero-order valence-corrected chi connectivity index (χ0v) is 12.0. The zero-order valence-electron chi connectivity index (χ0n) is 11.1. The molecule has 3 fully saturated rings. The molecule has 0 aromatic carbocycles. The molecule has 21 heavy (non-hydrogen) atoms. The van der Waals surface area contributed by atoms with Crippen molar-refractivity contribution < 1.29 is 14.4 Å². The van der Waals surface area contributed by atoms with Crippen molar-refractivity contribution in [3.05, 3.63) is 34.5 Å². The van der Waals surface area contributed by atoms with Crippen molar-refractivity contribution in [2.75, 3.05) is 0 Å². The summed E-state index contributed by atoms with van der Waals surface area (Å²) in [6.45, 7) is 0. The largest absolute Gasteiger partial charge is 0.277 e. The number of hydrogen-bond acceptors (Lipinski definition) is 4. The summed E-state index contributed by atoms with van der Waals surface area (Å²) in [5.74, 6) is -0.0984. The van der Waals surface area contributed by atoms with Gasteiger partial charge in [-0.3, -0.25) is 14.4 Å². The Morgan fingerprint density at radius 3 is 2.24 bits per heavy atom. The summed E-state index contributed by atoms with van der Waals surface area (Å²) in [6.07, 6.45) is 5.36. The Labute approximate surface area is 125 Å². The van der Waals surface area contributed by atoms with Crippen LogP contribution in [0.4, 0.5) is 0 Å². The molecule has 5 aliphatic rings. The van der Waals surface area contributed by atoms with Crippen LogP contribution in [0.25, 0.3) is 0 Å². The lowest BCUT2D eigenvalue weighted by molar-refractivity contribution is -0.136. The van der Waals surface area contributed by atoms with Crippen LogP contribution in [-0.4, -0.2) is 22.6 Å². The fraction of sp³-hybridized carbons (Fsp3) is 0.438. The number of hydrogen-bond donors (Lipinski definition) is 0. The molecule has 1 aliphatic heterocycles. The van der Waals surface area contributed by atoms with Crippen molar-refractivity contribution in [2.24, 2.45) is 35.5 Å². The van der Waals surface area contributed by atoms with Gasteiger partial charge < -0.3 is 0 Å². The predicted molar refractivity (Wildman–Crippen MR) is 75.2 cm³/mol. The minimum atomic E-state index is -0.442. The molecule has 0 N–H and O–H groups in total. The summed E-state index contributed by atoms with van der Waals surface area (Å²) in [6, 6.07) is 3.43. The summed E-state index contributed by atoms with van der Waals surface area (Å²) in [5, 5.41) is 1.78. The van der Waals surface area contributed by atoms with Gasteiger partial charge in [0.1, 0.15) is 0 Å². The molecule has 0 spiro atoms. The smallest absolute Gasteiger partial charge is 0.274 e. The molecule has 1 saturated heterocycles. The maximum Gasteiger partial charge on any atom is 0.277 e. The van der Waals surface area contributed by atoms with Crippen LogP contribution < -0.4 is 0 Å². The average Bonchev–Trinajstić information content (AvgIpc) is 3.06. The van der Waals surface area contributed by atoms with Crippen LogP contribution in [0.15, 0.2) is 29.7 Å². The van der Waals surface area contributed by atoms with Crippen LogP contribution in [0.5, 0.6) is 0 Å². The molecule has 2 saturated carbocycles. The number of carbonyl (C=O) groups excluding carboxylic acids is 3. The number of rotatable bonds is 1. The number of thiophene rings is 1. The number of likely N-dealkylation sites (tertiary alicyclic amines) is 1. The lowest BCUT2D eigenvalue weighted by Crippen LogP contribution is -2.40. The number of imide groups is 3. The summed E-state index contributed by atoms with van der Waals surface area (Å²) < 4.78 is 0. The fourth-order valence-electron chi connectivity index (χ4n) is 4.67. The lowest BCUT2D eigenvalue weighted by Gasteiger charge is -2.37. The molecule has 0 unspecified atom stereocenters. The van der Waals surface area contributed by atoms with Crippen molar-refractivity contribution in [1.82, 2.24) is 4.90 Å². The van der Waals surface area contributed by atoms with Crippen molar-refractivity contribution in [3.8, 4) is 0 Å². The van der Waals surface area contributed by atoms with Crippen LogP contribution in [0.1, 0.15) is 16.1 Å². The maximum atomic E-state index is 12.7. The van der Waals surface area contributed by atoms with E-state index in [0.717, 1.165) is 11.3 Å². The maximum absolute atomic E-state index is 12.7. The number of nitrogens with zero attached hydrogens (tertiary/aromatic N) is 1. The van der Waals surface area contributed by atoms with Gasteiger partial charge in [-0.15, -0.1) is 11.3 Å². The predicted octanol–water partition coefficient (Wildman–Crippen LogP) is 1.94. The summed E-state index contributed by atoms with van der Waals surface area (Å²) in [5.41, 5.74) is 0. The van der Waals surface area contributed by atoms with Gasteiger partial charge in [-0.2, -0.15) is 0 Å². The molecule has 2 heterocycles. The van der Waals surface area contributed by atoms with E-state index in [1.807, 2.05) is 0 Å². The molecule has 3 amide bonds. The molecular formula is C16H13NO3S. The van der Waals surface area contributed by atoms with Gasteiger partial charge in [0, 0.05) is 0 Å². The minimum Gasteiger partial charge on any atom is -0.274 e. The number of allylic oxidation sites excluding steroid dienone is 2. The highest BCUT2D eigenvalue weighted by Gasteiger charge is 2.67. The highest BCUT2D eigenvalue weighted by molar-refractivity contribution is 7.12. The van der Waals surface area contributed by atoms with E-state index in [-0.39, 0.29) is 35.5 Å². The third kappa shape index (κ3) is 1.33. The minimum absolute atomic E-state index is 0.169. The third-order valence-electron chi connectivity index (χ3n) is 5.60. The van der Waals surface area contributed by atoms with Crippen LogP contribution >= 0.6 is 11.3 Å². The van der Waals surface area contributed by atoms with E-state index in [9.17, 15) is 14.4 Å². The van der Waals surface area contributed by atoms with E-state index in [1.54, 1.807) is 17.5 Å². The second kappa shape index (κ2) is 3.71. The van der Waals surface area contributed by atoms with Gasteiger partial charge in [-0.25, -0.2) is 4.90 Å². The van der Waals surface area contributed by atoms with E-state index in [4.69, 9.17) is 0 Å². The first-order chi connectivity index (χ1) is 10.2. The van der Waals surface area contributed by atoms with Crippen molar-refractivity contribution >= 4 is 29.1 Å². The quantitative estimate of drug-likeness (QED) is 0.588. The van der Waals surface area contributed by atoms with Gasteiger partial charge in [-0.05, 0) is 41.5 Å².